The summed E-state index contributed by atoms with van der Waals surface area (Å²) in [5.74, 6) is -0.440. The van der Waals surface area contributed by atoms with Crippen molar-refractivity contribution in [3.63, 3.8) is 0 Å². The lowest BCUT2D eigenvalue weighted by Gasteiger charge is -2.23. The summed E-state index contributed by atoms with van der Waals surface area (Å²) in [6.07, 6.45) is 7.71. The molecule has 88 valence electrons. The minimum Gasteiger partial charge on any atom is -0.465 e. The lowest BCUT2D eigenvalue weighted by Crippen LogP contribution is -2.24. The lowest BCUT2D eigenvalue weighted by molar-refractivity contribution is -0.145. The van der Waals surface area contributed by atoms with E-state index in [1.165, 1.54) is 13.8 Å². The van der Waals surface area contributed by atoms with Gasteiger partial charge in [0.15, 0.2) is 0 Å². The average molecular weight is 224 g/mol. The van der Waals surface area contributed by atoms with Crippen molar-refractivity contribution in [2.75, 3.05) is 13.2 Å². The van der Waals surface area contributed by atoms with E-state index in [1.807, 2.05) is 24.3 Å². The Kier molecular flexibility index (Phi) is 4.76. The maximum absolute atomic E-state index is 10.7. The number of hydrogen-bond donors (Lipinski definition) is 0. The average Bonchev–Trinajstić information content (AvgIpc) is 2.24. The van der Waals surface area contributed by atoms with Crippen molar-refractivity contribution >= 4 is 11.9 Å². The molecule has 0 N–H and O–H groups in total. The quantitative estimate of drug-likeness (QED) is 0.678. The summed E-state index contributed by atoms with van der Waals surface area (Å²) in [4.78, 5) is 21.4. The normalized spacial score (nSPS) is 22.9. The van der Waals surface area contributed by atoms with Gasteiger partial charge in [0.2, 0.25) is 0 Å². The summed E-state index contributed by atoms with van der Waals surface area (Å²) in [6.45, 7) is 3.40. The minimum atomic E-state index is -0.297. The SMILES string of the molecule is CC(=O)OCC1C=CC=CC1COC(C)=O. The fourth-order valence-electron chi connectivity index (χ4n) is 1.48. The summed E-state index contributed by atoms with van der Waals surface area (Å²) >= 11 is 0. The van der Waals surface area contributed by atoms with Crippen molar-refractivity contribution in [3.05, 3.63) is 24.3 Å². The van der Waals surface area contributed by atoms with Crippen molar-refractivity contribution in [3.8, 4) is 0 Å². The molecule has 0 bridgehead atoms. The summed E-state index contributed by atoms with van der Waals surface area (Å²) in [6, 6.07) is 0. The number of esters is 2. The predicted molar refractivity (Wildman–Crippen MR) is 58.5 cm³/mol. The Morgan fingerprint density at radius 1 is 0.938 bits per heavy atom. The van der Waals surface area contributed by atoms with Gasteiger partial charge >= 0.3 is 11.9 Å². The smallest absolute Gasteiger partial charge is 0.302 e. The van der Waals surface area contributed by atoms with Gasteiger partial charge in [-0.3, -0.25) is 9.59 Å². The summed E-state index contributed by atoms with van der Waals surface area (Å²) in [7, 11) is 0. The number of carbonyl (C=O) groups is 2. The first kappa shape index (κ1) is 12.5. The second kappa shape index (κ2) is 6.10. The lowest BCUT2D eigenvalue weighted by atomic mass is 9.90. The zero-order chi connectivity index (χ0) is 12.0. The molecule has 0 aromatic carbocycles. The van der Waals surface area contributed by atoms with Gasteiger partial charge in [0.05, 0.1) is 13.2 Å². The molecule has 0 aromatic rings. The second-order valence-electron chi connectivity index (χ2n) is 3.70. The molecule has 4 nitrogen and oxygen atoms in total. The van der Waals surface area contributed by atoms with E-state index in [4.69, 9.17) is 9.47 Å². The van der Waals surface area contributed by atoms with Gasteiger partial charge in [-0.1, -0.05) is 24.3 Å². The predicted octanol–water partition coefficient (Wildman–Crippen LogP) is 1.47. The maximum Gasteiger partial charge on any atom is 0.302 e. The van der Waals surface area contributed by atoms with Crippen molar-refractivity contribution < 1.29 is 19.1 Å². The van der Waals surface area contributed by atoms with Crippen LogP contribution in [-0.2, 0) is 19.1 Å². The molecular weight excluding hydrogens is 208 g/mol. The minimum absolute atomic E-state index is 0.0771. The molecule has 0 amide bonds. The molecule has 0 aromatic heterocycles. The van der Waals surface area contributed by atoms with Crippen LogP contribution in [0, 0.1) is 11.8 Å². The highest BCUT2D eigenvalue weighted by Crippen LogP contribution is 2.20. The highest BCUT2D eigenvalue weighted by Gasteiger charge is 2.20. The number of carbonyl (C=O) groups excluding carboxylic acids is 2. The van der Waals surface area contributed by atoms with Gasteiger partial charge in [-0.2, -0.15) is 0 Å². The van der Waals surface area contributed by atoms with E-state index < -0.39 is 0 Å². The van der Waals surface area contributed by atoms with E-state index in [-0.39, 0.29) is 23.8 Å². The molecule has 2 unspecified atom stereocenters. The van der Waals surface area contributed by atoms with Crippen LogP contribution >= 0.6 is 0 Å². The first-order valence-corrected chi connectivity index (χ1v) is 5.21. The molecule has 0 saturated heterocycles. The molecule has 0 saturated carbocycles. The standard InChI is InChI=1S/C12H16O4/c1-9(13)15-7-11-5-3-4-6-12(11)8-16-10(2)14/h3-6,11-12H,7-8H2,1-2H3. The highest BCUT2D eigenvalue weighted by molar-refractivity contribution is 5.66. The van der Waals surface area contributed by atoms with Gasteiger partial charge in [0.25, 0.3) is 0 Å². The summed E-state index contributed by atoms with van der Waals surface area (Å²) in [5.41, 5.74) is 0. The number of rotatable bonds is 4. The fourth-order valence-corrected chi connectivity index (χ4v) is 1.48. The van der Waals surface area contributed by atoms with Gasteiger partial charge in [-0.05, 0) is 0 Å². The Balaban J connectivity index is 2.45. The number of allylic oxidation sites excluding steroid dienone is 2. The third-order valence-corrected chi connectivity index (χ3v) is 2.34. The Hall–Kier alpha value is -1.58. The van der Waals surface area contributed by atoms with Crippen molar-refractivity contribution in [1.82, 2.24) is 0 Å². The maximum atomic E-state index is 10.7. The van der Waals surface area contributed by atoms with Crippen LogP contribution in [0.4, 0.5) is 0 Å². The number of hydrogen-bond acceptors (Lipinski definition) is 4. The molecule has 0 fully saturated rings. The van der Waals surface area contributed by atoms with Gasteiger partial charge in [-0.15, -0.1) is 0 Å². The van der Waals surface area contributed by atoms with Gasteiger partial charge < -0.3 is 9.47 Å². The largest absolute Gasteiger partial charge is 0.465 e. The van der Waals surface area contributed by atoms with E-state index in [0.29, 0.717) is 13.2 Å². The second-order valence-corrected chi connectivity index (χ2v) is 3.70. The molecule has 0 heterocycles. The summed E-state index contributed by atoms with van der Waals surface area (Å²) < 4.78 is 9.91. The molecule has 4 heteroatoms. The Labute approximate surface area is 94.9 Å². The van der Waals surface area contributed by atoms with Crippen LogP contribution in [0.15, 0.2) is 24.3 Å². The van der Waals surface area contributed by atoms with E-state index >= 15 is 0 Å². The molecule has 1 rings (SSSR count). The molecule has 16 heavy (non-hydrogen) atoms. The Bertz CT molecular complexity index is 285. The number of ether oxygens (including phenoxy) is 2. The molecular formula is C12H16O4. The third kappa shape index (κ3) is 4.29. The van der Waals surface area contributed by atoms with Crippen LogP contribution in [0.25, 0.3) is 0 Å². The fraction of sp³-hybridized carbons (Fsp3) is 0.500. The molecule has 0 radical (unpaired) electrons. The van der Waals surface area contributed by atoms with E-state index in [2.05, 4.69) is 0 Å². The van der Waals surface area contributed by atoms with Gasteiger partial charge in [0, 0.05) is 25.7 Å². The van der Waals surface area contributed by atoms with Crippen molar-refractivity contribution in [2.24, 2.45) is 11.8 Å². The van der Waals surface area contributed by atoms with Gasteiger partial charge in [-0.25, -0.2) is 0 Å². The van der Waals surface area contributed by atoms with Crippen LogP contribution < -0.4 is 0 Å². The topological polar surface area (TPSA) is 52.6 Å². The molecule has 0 spiro atoms. The summed E-state index contributed by atoms with van der Waals surface area (Å²) in [5, 5.41) is 0. The van der Waals surface area contributed by atoms with Crippen molar-refractivity contribution in [2.45, 2.75) is 13.8 Å². The van der Waals surface area contributed by atoms with Crippen LogP contribution in [0.1, 0.15) is 13.8 Å². The van der Waals surface area contributed by atoms with E-state index in [0.717, 1.165) is 0 Å². The highest BCUT2D eigenvalue weighted by atomic mass is 16.5. The zero-order valence-electron chi connectivity index (χ0n) is 9.51. The monoisotopic (exact) mass is 224 g/mol. The van der Waals surface area contributed by atoms with Crippen molar-refractivity contribution in [1.29, 1.82) is 0 Å². The Morgan fingerprint density at radius 3 is 1.62 bits per heavy atom. The third-order valence-electron chi connectivity index (χ3n) is 2.34. The van der Waals surface area contributed by atoms with Crippen LogP contribution in [0.5, 0.6) is 0 Å². The van der Waals surface area contributed by atoms with Crippen LogP contribution in [0.3, 0.4) is 0 Å². The Morgan fingerprint density at radius 2 is 1.31 bits per heavy atom. The zero-order valence-corrected chi connectivity index (χ0v) is 9.51. The van der Waals surface area contributed by atoms with Gasteiger partial charge in [0.1, 0.15) is 0 Å². The molecule has 0 aliphatic heterocycles. The first-order valence-electron chi connectivity index (χ1n) is 5.21. The molecule has 2 atom stereocenters. The van der Waals surface area contributed by atoms with E-state index in [1.54, 1.807) is 0 Å². The van der Waals surface area contributed by atoms with E-state index in [9.17, 15) is 9.59 Å². The molecule has 1 aliphatic carbocycles. The van der Waals surface area contributed by atoms with Crippen LogP contribution in [0.2, 0.25) is 0 Å². The van der Waals surface area contributed by atoms with Crippen LogP contribution in [-0.4, -0.2) is 25.2 Å². The first-order chi connectivity index (χ1) is 7.59. The molecule has 1 aliphatic rings.